The molecule has 1 rings (SSSR count). The molecule has 19 heavy (non-hydrogen) atoms. The number of Topliss-reactive ketones (excluding diaryl/α,β-unsaturated/α-hetero) is 1. The predicted molar refractivity (Wildman–Crippen MR) is 71.7 cm³/mol. The molecule has 0 heterocycles. The van der Waals surface area contributed by atoms with E-state index in [9.17, 15) is 9.18 Å². The number of halogens is 1. The van der Waals surface area contributed by atoms with E-state index in [-0.39, 0.29) is 24.6 Å². The average molecular weight is 268 g/mol. The molecule has 0 unspecified atom stereocenters. The van der Waals surface area contributed by atoms with E-state index in [4.69, 9.17) is 9.47 Å². The van der Waals surface area contributed by atoms with Crippen LogP contribution in [0.2, 0.25) is 0 Å². The third kappa shape index (κ3) is 7.70. The fourth-order valence-corrected chi connectivity index (χ4v) is 1.53. The van der Waals surface area contributed by atoms with E-state index in [1.54, 1.807) is 12.1 Å². The number of hydrogen-bond acceptors (Lipinski definition) is 3. The van der Waals surface area contributed by atoms with E-state index < -0.39 is 0 Å². The van der Waals surface area contributed by atoms with Crippen LogP contribution in [0.1, 0.15) is 25.3 Å². The van der Waals surface area contributed by atoms with Gasteiger partial charge in [-0.25, -0.2) is 4.39 Å². The lowest BCUT2D eigenvalue weighted by molar-refractivity contribution is -0.123. The van der Waals surface area contributed by atoms with Crippen molar-refractivity contribution >= 4 is 5.78 Å². The summed E-state index contributed by atoms with van der Waals surface area (Å²) in [6.07, 6.45) is 2.43. The van der Waals surface area contributed by atoms with Gasteiger partial charge in [-0.15, -0.1) is 0 Å². The minimum absolute atomic E-state index is 0.0137. The molecule has 0 fully saturated rings. The first kappa shape index (κ1) is 15.8. The van der Waals surface area contributed by atoms with Gasteiger partial charge in [0.25, 0.3) is 0 Å². The van der Waals surface area contributed by atoms with Crippen LogP contribution in [-0.4, -0.2) is 32.2 Å². The fourth-order valence-electron chi connectivity index (χ4n) is 1.53. The molecule has 1 aromatic rings. The Kier molecular flexibility index (Phi) is 8.02. The van der Waals surface area contributed by atoms with Gasteiger partial charge in [0.2, 0.25) is 0 Å². The standard InChI is InChI=1S/C15H21FO3/c1-2-3-8-18-9-10-19-12-15(17)11-13-4-6-14(16)7-5-13/h4-7H,2-3,8-12H2,1H3. The minimum atomic E-state index is -0.295. The van der Waals surface area contributed by atoms with Gasteiger partial charge >= 0.3 is 0 Å². The van der Waals surface area contributed by atoms with Crippen molar-refractivity contribution in [1.29, 1.82) is 0 Å². The first-order chi connectivity index (χ1) is 9.22. The molecule has 1 aromatic carbocycles. The number of hydrogen-bond donors (Lipinski definition) is 0. The van der Waals surface area contributed by atoms with Gasteiger partial charge in [-0.05, 0) is 24.1 Å². The molecule has 0 N–H and O–H groups in total. The van der Waals surface area contributed by atoms with Crippen molar-refractivity contribution in [2.45, 2.75) is 26.2 Å². The van der Waals surface area contributed by atoms with Crippen LogP contribution in [0.4, 0.5) is 4.39 Å². The predicted octanol–water partition coefficient (Wildman–Crippen LogP) is 2.77. The van der Waals surface area contributed by atoms with E-state index in [1.807, 2.05) is 0 Å². The van der Waals surface area contributed by atoms with Crippen LogP contribution in [0.15, 0.2) is 24.3 Å². The van der Waals surface area contributed by atoms with Crippen LogP contribution in [0, 0.1) is 5.82 Å². The van der Waals surface area contributed by atoms with E-state index in [2.05, 4.69) is 6.92 Å². The Morgan fingerprint density at radius 2 is 1.79 bits per heavy atom. The SMILES string of the molecule is CCCCOCCOCC(=O)Cc1ccc(F)cc1. The van der Waals surface area contributed by atoms with Crippen LogP contribution in [0.5, 0.6) is 0 Å². The molecular formula is C15H21FO3. The summed E-state index contributed by atoms with van der Waals surface area (Å²) in [5.41, 5.74) is 0.800. The summed E-state index contributed by atoms with van der Waals surface area (Å²) in [7, 11) is 0. The zero-order valence-electron chi connectivity index (χ0n) is 11.4. The maximum absolute atomic E-state index is 12.7. The molecule has 0 saturated carbocycles. The van der Waals surface area contributed by atoms with Crippen LogP contribution >= 0.6 is 0 Å². The zero-order valence-corrected chi connectivity index (χ0v) is 11.4. The summed E-state index contributed by atoms with van der Waals surface area (Å²) < 4.78 is 23.2. The number of unbranched alkanes of at least 4 members (excludes halogenated alkanes) is 1. The summed E-state index contributed by atoms with van der Waals surface area (Å²) in [6.45, 7) is 3.87. The molecule has 0 aromatic heterocycles. The quantitative estimate of drug-likeness (QED) is 0.612. The van der Waals surface area contributed by atoms with Gasteiger partial charge in [-0.1, -0.05) is 25.5 Å². The van der Waals surface area contributed by atoms with Crippen molar-refractivity contribution in [3.63, 3.8) is 0 Å². The topological polar surface area (TPSA) is 35.5 Å². The summed E-state index contributed by atoms with van der Waals surface area (Å²) >= 11 is 0. The number of carbonyl (C=O) groups is 1. The highest BCUT2D eigenvalue weighted by atomic mass is 19.1. The monoisotopic (exact) mass is 268 g/mol. The highest BCUT2D eigenvalue weighted by molar-refractivity contribution is 5.82. The van der Waals surface area contributed by atoms with E-state index >= 15 is 0 Å². The Morgan fingerprint density at radius 1 is 1.11 bits per heavy atom. The molecule has 4 heteroatoms. The van der Waals surface area contributed by atoms with Gasteiger partial charge in [-0.2, -0.15) is 0 Å². The lowest BCUT2D eigenvalue weighted by Gasteiger charge is -2.05. The van der Waals surface area contributed by atoms with Gasteiger partial charge in [-0.3, -0.25) is 4.79 Å². The first-order valence-electron chi connectivity index (χ1n) is 6.64. The molecule has 0 aliphatic rings. The van der Waals surface area contributed by atoms with Gasteiger partial charge in [0.15, 0.2) is 5.78 Å². The van der Waals surface area contributed by atoms with E-state index in [0.29, 0.717) is 13.2 Å². The highest BCUT2D eigenvalue weighted by Gasteiger charge is 2.04. The smallest absolute Gasteiger partial charge is 0.162 e. The zero-order chi connectivity index (χ0) is 13.9. The molecule has 0 aliphatic carbocycles. The lowest BCUT2D eigenvalue weighted by Crippen LogP contribution is -2.14. The Hall–Kier alpha value is -1.26. The average Bonchev–Trinajstić information content (AvgIpc) is 2.40. The highest BCUT2D eigenvalue weighted by Crippen LogP contribution is 2.04. The molecule has 0 radical (unpaired) electrons. The third-order valence-corrected chi connectivity index (χ3v) is 2.59. The minimum Gasteiger partial charge on any atom is -0.379 e. The molecule has 106 valence electrons. The molecule has 0 aliphatic heterocycles. The first-order valence-corrected chi connectivity index (χ1v) is 6.64. The normalized spacial score (nSPS) is 10.6. The fraction of sp³-hybridized carbons (Fsp3) is 0.533. The third-order valence-electron chi connectivity index (χ3n) is 2.59. The van der Waals surface area contributed by atoms with Crippen molar-refractivity contribution in [3.8, 4) is 0 Å². The van der Waals surface area contributed by atoms with Crippen molar-refractivity contribution in [2.75, 3.05) is 26.4 Å². The number of ketones is 1. The van der Waals surface area contributed by atoms with Crippen LogP contribution < -0.4 is 0 Å². The van der Waals surface area contributed by atoms with Gasteiger partial charge in [0.05, 0.1) is 13.2 Å². The van der Waals surface area contributed by atoms with Gasteiger partial charge < -0.3 is 9.47 Å². The number of rotatable bonds is 10. The maximum atomic E-state index is 12.7. The molecule has 0 amide bonds. The second-order valence-electron chi connectivity index (χ2n) is 4.36. The van der Waals surface area contributed by atoms with Crippen molar-refractivity contribution in [2.24, 2.45) is 0 Å². The summed E-state index contributed by atoms with van der Waals surface area (Å²) in [6, 6.07) is 5.93. The second-order valence-corrected chi connectivity index (χ2v) is 4.36. The molecule has 0 atom stereocenters. The number of ether oxygens (including phenoxy) is 2. The Bertz CT molecular complexity index is 362. The van der Waals surface area contributed by atoms with Crippen molar-refractivity contribution in [1.82, 2.24) is 0 Å². The van der Waals surface area contributed by atoms with Gasteiger partial charge in [0.1, 0.15) is 12.4 Å². The lowest BCUT2D eigenvalue weighted by atomic mass is 10.1. The second kappa shape index (κ2) is 9.64. The maximum Gasteiger partial charge on any atom is 0.162 e. The van der Waals surface area contributed by atoms with Crippen LogP contribution in [-0.2, 0) is 20.7 Å². The van der Waals surface area contributed by atoms with Gasteiger partial charge in [0, 0.05) is 13.0 Å². The summed E-state index contributed by atoms with van der Waals surface area (Å²) in [5.74, 6) is -0.308. The van der Waals surface area contributed by atoms with E-state index in [1.165, 1.54) is 12.1 Å². The number of carbonyl (C=O) groups excluding carboxylic acids is 1. The molecule has 3 nitrogen and oxygen atoms in total. The van der Waals surface area contributed by atoms with Crippen molar-refractivity contribution < 1.29 is 18.7 Å². The molecule has 0 saturated heterocycles. The summed E-state index contributed by atoms with van der Waals surface area (Å²) in [4.78, 5) is 11.6. The van der Waals surface area contributed by atoms with E-state index in [0.717, 1.165) is 25.0 Å². The van der Waals surface area contributed by atoms with Crippen molar-refractivity contribution in [3.05, 3.63) is 35.6 Å². The van der Waals surface area contributed by atoms with Crippen LogP contribution in [0.3, 0.4) is 0 Å². The summed E-state index contributed by atoms with van der Waals surface area (Å²) in [5, 5.41) is 0. The Morgan fingerprint density at radius 3 is 2.47 bits per heavy atom. The van der Waals surface area contributed by atoms with Crippen LogP contribution in [0.25, 0.3) is 0 Å². The molecular weight excluding hydrogens is 247 g/mol. The number of benzene rings is 1. The molecule has 0 spiro atoms. The molecule has 0 bridgehead atoms. The largest absolute Gasteiger partial charge is 0.379 e. The Balaban J connectivity index is 2.06. The Labute approximate surface area is 113 Å².